The van der Waals surface area contributed by atoms with Crippen LogP contribution in [0.3, 0.4) is 0 Å². The summed E-state index contributed by atoms with van der Waals surface area (Å²) < 4.78 is 0. The van der Waals surface area contributed by atoms with E-state index in [4.69, 9.17) is 5.73 Å². The van der Waals surface area contributed by atoms with Gasteiger partial charge in [-0.3, -0.25) is 4.79 Å². The minimum Gasteiger partial charge on any atom is -0.326 e. The molecule has 17 heavy (non-hydrogen) atoms. The average molecular weight is 252 g/mol. The molecule has 4 heteroatoms. The van der Waals surface area contributed by atoms with E-state index < -0.39 is 5.54 Å². The number of amides is 1. The summed E-state index contributed by atoms with van der Waals surface area (Å²) in [4.78, 5) is 12.9. The summed E-state index contributed by atoms with van der Waals surface area (Å²) in [5, 5.41) is 2.84. The Morgan fingerprint density at radius 2 is 1.94 bits per heavy atom. The first kappa shape index (κ1) is 14.1. The summed E-state index contributed by atoms with van der Waals surface area (Å²) in [5.74, 6) is 1.00. The molecule has 3 N–H and O–H groups in total. The second-order valence-corrected chi connectivity index (χ2v) is 6.01. The van der Waals surface area contributed by atoms with Gasteiger partial charge in [-0.2, -0.15) is 0 Å². The summed E-state index contributed by atoms with van der Waals surface area (Å²) in [6.45, 7) is 5.80. The number of hydrogen-bond acceptors (Lipinski definition) is 3. The van der Waals surface area contributed by atoms with E-state index in [1.165, 1.54) is 4.90 Å². The van der Waals surface area contributed by atoms with Gasteiger partial charge in [0.1, 0.15) is 0 Å². The Balaban J connectivity index is 2.54. The van der Waals surface area contributed by atoms with E-state index in [2.05, 4.69) is 12.2 Å². The Labute approximate surface area is 107 Å². The van der Waals surface area contributed by atoms with Crippen LogP contribution in [0.2, 0.25) is 0 Å². The lowest BCUT2D eigenvalue weighted by atomic mass is 10.0. The highest BCUT2D eigenvalue weighted by molar-refractivity contribution is 7.99. The molecular weight excluding hydrogens is 232 g/mol. The maximum Gasteiger partial charge on any atom is 0.226 e. The first-order valence-electron chi connectivity index (χ1n) is 5.72. The third-order valence-corrected chi connectivity index (χ3v) is 2.96. The van der Waals surface area contributed by atoms with E-state index in [-0.39, 0.29) is 5.91 Å². The largest absolute Gasteiger partial charge is 0.326 e. The molecule has 0 spiro atoms. The molecule has 0 bridgehead atoms. The van der Waals surface area contributed by atoms with Gasteiger partial charge in [0.25, 0.3) is 0 Å². The van der Waals surface area contributed by atoms with Gasteiger partial charge in [0.05, 0.1) is 0 Å². The van der Waals surface area contributed by atoms with E-state index in [0.29, 0.717) is 6.42 Å². The maximum atomic E-state index is 11.6. The Morgan fingerprint density at radius 3 is 2.41 bits per heavy atom. The van der Waals surface area contributed by atoms with E-state index >= 15 is 0 Å². The molecule has 1 aromatic rings. The second-order valence-electron chi connectivity index (χ2n) is 4.67. The zero-order valence-electron chi connectivity index (χ0n) is 10.6. The van der Waals surface area contributed by atoms with Crippen LogP contribution >= 0.6 is 11.8 Å². The van der Waals surface area contributed by atoms with Crippen molar-refractivity contribution in [3.8, 4) is 0 Å². The Bertz CT molecular complexity index is 368. The van der Waals surface area contributed by atoms with E-state index in [1.807, 2.05) is 38.1 Å². The van der Waals surface area contributed by atoms with Crippen molar-refractivity contribution in [3.05, 3.63) is 24.3 Å². The number of hydrogen-bond donors (Lipinski definition) is 2. The lowest BCUT2D eigenvalue weighted by Gasteiger charge is -2.17. The molecule has 94 valence electrons. The Kier molecular flexibility index (Phi) is 5.02. The lowest BCUT2D eigenvalue weighted by Crippen LogP contribution is -2.36. The Morgan fingerprint density at radius 1 is 1.35 bits per heavy atom. The standard InChI is InChI=1S/C13H20N2OS/c1-4-17-11-7-5-10(6-8-11)15-12(16)9-13(2,3)14/h5-8H,4,9,14H2,1-3H3,(H,15,16). The van der Waals surface area contributed by atoms with E-state index in [1.54, 1.807) is 11.8 Å². The number of nitrogens with one attached hydrogen (secondary N) is 1. The molecule has 0 aliphatic heterocycles. The third-order valence-electron chi connectivity index (χ3n) is 2.07. The fraction of sp³-hybridized carbons (Fsp3) is 0.462. The molecule has 0 heterocycles. The number of thioether (sulfide) groups is 1. The van der Waals surface area contributed by atoms with Crippen LogP contribution in [0.15, 0.2) is 29.2 Å². The quantitative estimate of drug-likeness (QED) is 0.792. The first-order chi connectivity index (χ1) is 7.90. The van der Waals surface area contributed by atoms with Gasteiger partial charge in [0, 0.05) is 22.5 Å². The predicted octanol–water partition coefficient (Wildman–Crippen LogP) is 2.86. The molecule has 0 aromatic heterocycles. The zero-order valence-corrected chi connectivity index (χ0v) is 11.4. The predicted molar refractivity (Wildman–Crippen MR) is 74.4 cm³/mol. The highest BCUT2D eigenvalue weighted by Crippen LogP contribution is 2.20. The molecule has 0 aliphatic rings. The normalized spacial score (nSPS) is 11.3. The topological polar surface area (TPSA) is 55.1 Å². The summed E-state index contributed by atoms with van der Waals surface area (Å²) in [6.07, 6.45) is 0.318. The summed E-state index contributed by atoms with van der Waals surface area (Å²) in [5.41, 5.74) is 6.14. The van der Waals surface area contributed by atoms with Crippen LogP contribution in [-0.2, 0) is 4.79 Å². The van der Waals surface area contributed by atoms with Crippen molar-refractivity contribution in [2.75, 3.05) is 11.1 Å². The summed E-state index contributed by atoms with van der Waals surface area (Å²) in [6, 6.07) is 7.85. The van der Waals surface area contributed by atoms with Crippen molar-refractivity contribution in [2.45, 2.75) is 37.6 Å². The molecule has 0 aliphatic carbocycles. The highest BCUT2D eigenvalue weighted by atomic mass is 32.2. The van der Waals surface area contributed by atoms with Crippen LogP contribution in [0, 0.1) is 0 Å². The lowest BCUT2D eigenvalue weighted by molar-refractivity contribution is -0.117. The van der Waals surface area contributed by atoms with Crippen molar-refractivity contribution in [1.82, 2.24) is 0 Å². The van der Waals surface area contributed by atoms with Crippen LogP contribution in [-0.4, -0.2) is 17.2 Å². The van der Waals surface area contributed by atoms with Gasteiger partial charge in [-0.05, 0) is 43.9 Å². The van der Waals surface area contributed by atoms with E-state index in [9.17, 15) is 4.79 Å². The molecule has 0 radical (unpaired) electrons. The number of carbonyl (C=O) groups is 1. The summed E-state index contributed by atoms with van der Waals surface area (Å²) in [7, 11) is 0. The minimum absolute atomic E-state index is 0.0478. The monoisotopic (exact) mass is 252 g/mol. The maximum absolute atomic E-state index is 11.6. The molecule has 1 rings (SSSR count). The number of anilines is 1. The van der Waals surface area contributed by atoms with Gasteiger partial charge in [-0.1, -0.05) is 6.92 Å². The molecular formula is C13H20N2OS. The SMILES string of the molecule is CCSc1ccc(NC(=O)CC(C)(C)N)cc1. The van der Waals surface area contributed by atoms with Gasteiger partial charge in [-0.25, -0.2) is 0 Å². The molecule has 1 amide bonds. The summed E-state index contributed by atoms with van der Waals surface area (Å²) >= 11 is 1.78. The molecule has 0 fully saturated rings. The van der Waals surface area contributed by atoms with E-state index in [0.717, 1.165) is 11.4 Å². The molecule has 0 unspecified atom stereocenters. The van der Waals surface area contributed by atoms with Crippen LogP contribution in [0.25, 0.3) is 0 Å². The van der Waals surface area contributed by atoms with Gasteiger partial charge < -0.3 is 11.1 Å². The highest BCUT2D eigenvalue weighted by Gasteiger charge is 2.16. The molecule has 3 nitrogen and oxygen atoms in total. The minimum atomic E-state index is -0.470. The Hall–Kier alpha value is -1.00. The van der Waals surface area contributed by atoms with Crippen LogP contribution in [0.5, 0.6) is 0 Å². The second kappa shape index (κ2) is 6.07. The fourth-order valence-electron chi connectivity index (χ4n) is 1.42. The molecule has 1 aromatic carbocycles. The zero-order chi connectivity index (χ0) is 12.9. The number of nitrogens with two attached hydrogens (primary N) is 1. The van der Waals surface area contributed by atoms with Crippen molar-refractivity contribution in [1.29, 1.82) is 0 Å². The first-order valence-corrected chi connectivity index (χ1v) is 6.71. The van der Waals surface area contributed by atoms with Crippen molar-refractivity contribution in [2.24, 2.45) is 5.73 Å². The van der Waals surface area contributed by atoms with Gasteiger partial charge in [0.2, 0.25) is 5.91 Å². The molecule has 0 atom stereocenters. The smallest absolute Gasteiger partial charge is 0.226 e. The van der Waals surface area contributed by atoms with Crippen molar-refractivity contribution < 1.29 is 4.79 Å². The van der Waals surface area contributed by atoms with Crippen molar-refractivity contribution in [3.63, 3.8) is 0 Å². The van der Waals surface area contributed by atoms with Gasteiger partial charge in [-0.15, -0.1) is 11.8 Å². The van der Waals surface area contributed by atoms with Crippen LogP contribution < -0.4 is 11.1 Å². The number of rotatable bonds is 5. The third kappa shape index (κ3) is 5.75. The molecule has 0 saturated heterocycles. The number of carbonyl (C=O) groups excluding carboxylic acids is 1. The van der Waals surface area contributed by atoms with Crippen molar-refractivity contribution >= 4 is 23.4 Å². The van der Waals surface area contributed by atoms with Gasteiger partial charge >= 0.3 is 0 Å². The average Bonchev–Trinajstić information content (AvgIpc) is 2.18. The van der Waals surface area contributed by atoms with Crippen LogP contribution in [0.1, 0.15) is 27.2 Å². The van der Waals surface area contributed by atoms with Crippen LogP contribution in [0.4, 0.5) is 5.69 Å². The fourth-order valence-corrected chi connectivity index (χ4v) is 2.08. The molecule has 0 saturated carbocycles. The number of benzene rings is 1. The van der Waals surface area contributed by atoms with Gasteiger partial charge in [0.15, 0.2) is 0 Å².